The summed E-state index contributed by atoms with van der Waals surface area (Å²) in [7, 11) is 0. The van der Waals surface area contributed by atoms with E-state index >= 15 is 0 Å². The van der Waals surface area contributed by atoms with Crippen LogP contribution < -0.4 is 5.32 Å². The smallest absolute Gasteiger partial charge is 0.396 e. The molecule has 0 saturated heterocycles. The van der Waals surface area contributed by atoms with Gasteiger partial charge in [-0.2, -0.15) is 13.2 Å². The van der Waals surface area contributed by atoms with Crippen molar-refractivity contribution in [2.24, 2.45) is 11.3 Å². The van der Waals surface area contributed by atoms with Crippen molar-refractivity contribution < 1.29 is 23.1 Å². The Morgan fingerprint density at radius 3 is 2.86 bits per heavy atom. The number of amides is 1. The first-order valence-electron chi connectivity index (χ1n) is 10.4. The van der Waals surface area contributed by atoms with Gasteiger partial charge in [-0.25, -0.2) is 0 Å². The highest BCUT2D eigenvalue weighted by Gasteiger charge is 2.49. The summed E-state index contributed by atoms with van der Waals surface area (Å²) in [6.07, 6.45) is -0.0246. The number of nitrogens with one attached hydrogen (secondary N) is 1. The van der Waals surface area contributed by atoms with E-state index in [0.29, 0.717) is 37.2 Å². The molecule has 2 N–H and O–H groups in total. The summed E-state index contributed by atoms with van der Waals surface area (Å²) in [5.74, 6) is 0.183. The summed E-state index contributed by atoms with van der Waals surface area (Å²) in [4.78, 5) is 19.3. The number of hydrogen-bond acceptors (Lipinski definition) is 4. The number of rotatable bonds is 6. The maximum Gasteiger partial charge on any atom is 0.417 e. The second-order valence-electron chi connectivity index (χ2n) is 8.59. The lowest BCUT2D eigenvalue weighted by Crippen LogP contribution is -2.48. The molecule has 3 rings (SSSR count). The van der Waals surface area contributed by atoms with Crippen LogP contribution in [0.4, 0.5) is 13.2 Å². The zero-order chi connectivity index (χ0) is 21.2. The number of aromatic nitrogens is 1. The van der Waals surface area contributed by atoms with Gasteiger partial charge in [0.05, 0.1) is 11.0 Å². The van der Waals surface area contributed by atoms with E-state index in [1.165, 1.54) is 0 Å². The number of fused-ring (bicyclic) bond motifs is 1. The lowest BCUT2D eigenvalue weighted by atomic mass is 9.74. The van der Waals surface area contributed by atoms with Gasteiger partial charge in [-0.15, -0.1) is 0 Å². The average molecular weight is 413 g/mol. The van der Waals surface area contributed by atoms with Crippen LogP contribution in [0, 0.1) is 11.3 Å². The van der Waals surface area contributed by atoms with E-state index in [4.69, 9.17) is 5.11 Å². The van der Waals surface area contributed by atoms with Crippen LogP contribution >= 0.6 is 0 Å². The second kappa shape index (κ2) is 8.60. The van der Waals surface area contributed by atoms with Crippen LogP contribution in [0.25, 0.3) is 0 Å². The van der Waals surface area contributed by atoms with Crippen molar-refractivity contribution in [3.05, 3.63) is 29.1 Å². The third kappa shape index (κ3) is 4.58. The van der Waals surface area contributed by atoms with E-state index in [1.54, 1.807) is 4.90 Å². The maximum absolute atomic E-state index is 13.5. The molecule has 1 fully saturated rings. The van der Waals surface area contributed by atoms with Crippen molar-refractivity contribution in [3.8, 4) is 0 Å². The van der Waals surface area contributed by atoms with Gasteiger partial charge in [-0.05, 0) is 49.8 Å². The molecular weight excluding hydrogens is 383 g/mol. The number of carbonyl (C=O) groups is 1. The fourth-order valence-electron chi connectivity index (χ4n) is 4.67. The van der Waals surface area contributed by atoms with E-state index in [0.717, 1.165) is 31.5 Å². The predicted octanol–water partition coefficient (Wildman–Crippen LogP) is 3.15. The Balaban J connectivity index is 1.75. The number of aliphatic hydroxyl groups is 1. The number of carbonyl (C=O) groups excluding carboxylic acids is 1. The van der Waals surface area contributed by atoms with Crippen LogP contribution in [0.2, 0.25) is 0 Å². The van der Waals surface area contributed by atoms with Gasteiger partial charge in [-0.3, -0.25) is 9.78 Å². The van der Waals surface area contributed by atoms with Crippen molar-refractivity contribution in [2.45, 2.75) is 64.7 Å². The molecule has 2 heterocycles. The van der Waals surface area contributed by atoms with Crippen molar-refractivity contribution >= 4 is 5.91 Å². The first-order valence-corrected chi connectivity index (χ1v) is 10.4. The fraction of sp³-hybridized carbons (Fsp3) is 0.714. The molecule has 162 valence electrons. The van der Waals surface area contributed by atoms with E-state index in [9.17, 15) is 18.0 Å². The molecule has 0 bridgehead atoms. The molecule has 8 heteroatoms. The van der Waals surface area contributed by atoms with Crippen molar-refractivity contribution in [1.29, 1.82) is 0 Å². The Bertz CT molecular complexity index is 738. The lowest BCUT2D eigenvalue weighted by molar-refractivity contribution is -0.145. The average Bonchev–Trinajstić information content (AvgIpc) is 3.11. The predicted molar refractivity (Wildman–Crippen MR) is 103 cm³/mol. The molecule has 1 aliphatic carbocycles. The van der Waals surface area contributed by atoms with Crippen LogP contribution in [0.3, 0.4) is 0 Å². The third-order valence-corrected chi connectivity index (χ3v) is 6.50. The summed E-state index contributed by atoms with van der Waals surface area (Å²) in [6.45, 7) is 5.62. The molecule has 2 atom stereocenters. The van der Waals surface area contributed by atoms with Crippen molar-refractivity contribution in [2.75, 3.05) is 19.7 Å². The number of nitrogens with zero attached hydrogens (tertiary/aromatic N) is 2. The van der Waals surface area contributed by atoms with Gasteiger partial charge in [0.25, 0.3) is 0 Å². The topological polar surface area (TPSA) is 65.5 Å². The molecule has 1 aliphatic heterocycles. The number of halogens is 3. The Labute approximate surface area is 169 Å². The summed E-state index contributed by atoms with van der Waals surface area (Å²) in [6, 6.07) is 1.36. The summed E-state index contributed by atoms with van der Waals surface area (Å²) >= 11 is 0. The molecule has 1 aromatic rings. The summed E-state index contributed by atoms with van der Waals surface area (Å²) in [5, 5.41) is 12.4. The van der Waals surface area contributed by atoms with Crippen LogP contribution in [0.1, 0.15) is 56.4 Å². The molecule has 1 saturated carbocycles. The first-order chi connectivity index (χ1) is 13.7. The molecule has 0 radical (unpaired) electrons. The number of pyridine rings is 1. The minimum absolute atomic E-state index is 0.0435. The highest BCUT2D eigenvalue weighted by Crippen LogP contribution is 2.46. The normalized spacial score (nSPS) is 24.8. The first kappa shape index (κ1) is 22.0. The van der Waals surface area contributed by atoms with Gasteiger partial charge in [0.15, 0.2) is 0 Å². The number of aliphatic hydroxyl groups excluding tert-OH is 1. The minimum atomic E-state index is -4.44. The quantitative estimate of drug-likeness (QED) is 0.704. The number of hydrogen-bond donors (Lipinski definition) is 2. The second-order valence-corrected chi connectivity index (χ2v) is 8.59. The van der Waals surface area contributed by atoms with Crippen molar-refractivity contribution in [3.63, 3.8) is 0 Å². The monoisotopic (exact) mass is 413 g/mol. The number of alkyl halides is 3. The molecule has 5 nitrogen and oxygen atoms in total. The minimum Gasteiger partial charge on any atom is -0.396 e. The zero-order valence-corrected chi connectivity index (χ0v) is 17.1. The van der Waals surface area contributed by atoms with Gasteiger partial charge in [0.1, 0.15) is 0 Å². The Morgan fingerprint density at radius 1 is 1.45 bits per heavy atom. The molecular formula is C21H30F3N3O2. The van der Waals surface area contributed by atoms with Crippen LogP contribution in [0.5, 0.6) is 0 Å². The van der Waals surface area contributed by atoms with E-state index < -0.39 is 17.2 Å². The van der Waals surface area contributed by atoms with Gasteiger partial charge in [-0.1, -0.05) is 13.8 Å². The SMILES string of the molecule is CC(C)[C@]1(C(=O)N2CCc3ncc(C(F)(F)F)cc3C2)CC[C@@H](NCCCO)C1. The van der Waals surface area contributed by atoms with Gasteiger partial charge in [0, 0.05) is 44.0 Å². The Kier molecular flexibility index (Phi) is 6.53. The molecule has 2 aliphatic rings. The molecule has 29 heavy (non-hydrogen) atoms. The highest BCUT2D eigenvalue weighted by molar-refractivity contribution is 5.83. The standard InChI is InChI=1S/C21H30F3N3O2/c1-14(2)20(6-4-17(11-20)25-7-3-9-28)19(29)27-8-5-18-15(13-27)10-16(12-26-18)21(22,23)24/h10,12,14,17,25,28H,3-9,11,13H2,1-2H3/t17-,20+/m1/s1. The molecule has 1 aromatic heterocycles. The maximum atomic E-state index is 13.5. The lowest BCUT2D eigenvalue weighted by Gasteiger charge is -2.39. The van der Waals surface area contributed by atoms with Crippen LogP contribution in [0.15, 0.2) is 12.3 Å². The van der Waals surface area contributed by atoms with Crippen LogP contribution in [-0.2, 0) is 23.9 Å². The van der Waals surface area contributed by atoms with E-state index in [2.05, 4.69) is 24.1 Å². The van der Waals surface area contributed by atoms with Gasteiger partial charge in [0.2, 0.25) is 5.91 Å². The third-order valence-electron chi connectivity index (χ3n) is 6.50. The Hall–Kier alpha value is -1.67. The molecule has 1 amide bonds. The molecule has 0 aromatic carbocycles. The van der Waals surface area contributed by atoms with Gasteiger partial charge >= 0.3 is 6.18 Å². The molecule has 0 unspecified atom stereocenters. The van der Waals surface area contributed by atoms with Crippen molar-refractivity contribution in [1.82, 2.24) is 15.2 Å². The van der Waals surface area contributed by atoms with Crippen LogP contribution in [-0.4, -0.2) is 46.6 Å². The Morgan fingerprint density at radius 2 is 2.21 bits per heavy atom. The van der Waals surface area contributed by atoms with E-state index in [-0.39, 0.29) is 31.0 Å². The fourth-order valence-corrected chi connectivity index (χ4v) is 4.67. The highest BCUT2D eigenvalue weighted by atomic mass is 19.4. The largest absolute Gasteiger partial charge is 0.417 e. The zero-order valence-electron chi connectivity index (χ0n) is 17.1. The molecule has 0 spiro atoms. The summed E-state index contributed by atoms with van der Waals surface area (Å²) < 4.78 is 39.2. The van der Waals surface area contributed by atoms with E-state index in [1.807, 2.05) is 0 Å². The summed E-state index contributed by atoms with van der Waals surface area (Å²) in [5.41, 5.74) is -0.119. The van der Waals surface area contributed by atoms with Gasteiger partial charge < -0.3 is 15.3 Å².